The molecule has 0 atom stereocenters. The summed E-state index contributed by atoms with van der Waals surface area (Å²) in [6, 6.07) is 2.65. The fraction of sp³-hybridized carbons (Fsp3) is 0.316. The summed E-state index contributed by atoms with van der Waals surface area (Å²) >= 11 is 9.53. The topological polar surface area (TPSA) is 99.4 Å². The first-order valence-corrected chi connectivity index (χ1v) is 9.28. The van der Waals surface area contributed by atoms with Crippen LogP contribution < -0.4 is 16.0 Å². The lowest BCUT2D eigenvalue weighted by Gasteiger charge is -2.18. The number of methoxy groups -OCH3 is 1. The molecule has 0 aromatic carbocycles. The Morgan fingerprint density at radius 3 is 1.93 bits per heavy atom. The first kappa shape index (κ1) is 29.7. The van der Waals surface area contributed by atoms with E-state index in [2.05, 4.69) is 16.5 Å². The van der Waals surface area contributed by atoms with E-state index >= 15 is 0 Å². The van der Waals surface area contributed by atoms with Gasteiger partial charge in [0.1, 0.15) is 23.0 Å². The lowest BCUT2D eigenvalue weighted by Crippen LogP contribution is -2.36. The van der Waals surface area contributed by atoms with E-state index in [1.807, 2.05) is 5.43 Å². The van der Waals surface area contributed by atoms with Gasteiger partial charge in [-0.05, 0) is 32.4 Å². The Kier molecular flexibility index (Phi) is 17.2. The van der Waals surface area contributed by atoms with Gasteiger partial charge in [-0.3, -0.25) is 15.4 Å². The van der Waals surface area contributed by atoms with Crippen LogP contribution in [-0.4, -0.2) is 34.1 Å². The van der Waals surface area contributed by atoms with Crippen LogP contribution in [0, 0.1) is 11.6 Å². The van der Waals surface area contributed by atoms with Crippen LogP contribution in [0.15, 0.2) is 43.5 Å². The Hall–Kier alpha value is -2.49. The number of hydrogen-bond acceptors (Lipinski definition) is 6. The molecule has 0 aliphatic heterocycles. The second-order valence-corrected chi connectivity index (χ2v) is 6.74. The molecule has 0 unspecified atom stereocenters. The number of aromatic nitrogens is 2. The number of hydrogen-bond donors (Lipinski definition) is 2. The van der Waals surface area contributed by atoms with Crippen LogP contribution in [0.25, 0.3) is 6.08 Å². The zero-order valence-corrected chi connectivity index (χ0v) is 18.7. The van der Waals surface area contributed by atoms with Crippen LogP contribution >= 0.6 is 23.2 Å². The lowest BCUT2D eigenvalue weighted by molar-refractivity contribution is 0.0527. The molecule has 0 spiro atoms. The average molecular weight is 467 g/mol. The van der Waals surface area contributed by atoms with Crippen molar-refractivity contribution in [2.24, 2.45) is 5.84 Å². The summed E-state index contributed by atoms with van der Waals surface area (Å²) in [6.45, 7) is 8.76. The normalized spacial score (nSPS) is 9.23. The third-order valence-corrected chi connectivity index (χ3v) is 2.39. The molecular formula is C19H26Cl2F2N4O3. The van der Waals surface area contributed by atoms with Gasteiger partial charge in [0.25, 0.3) is 0 Å². The summed E-state index contributed by atoms with van der Waals surface area (Å²) in [5.74, 6) is 4.49. The van der Waals surface area contributed by atoms with E-state index in [-0.39, 0.29) is 17.0 Å². The monoisotopic (exact) mass is 466 g/mol. The summed E-state index contributed by atoms with van der Waals surface area (Å²) in [6.07, 6.45) is 6.23. The second kappa shape index (κ2) is 17.4. The van der Waals surface area contributed by atoms with Crippen molar-refractivity contribution in [3.05, 3.63) is 60.7 Å². The van der Waals surface area contributed by atoms with Gasteiger partial charge in [-0.25, -0.2) is 19.4 Å². The largest absolute Gasteiger partial charge is 0.495 e. The van der Waals surface area contributed by atoms with E-state index in [0.717, 1.165) is 12.4 Å². The fourth-order valence-electron chi connectivity index (χ4n) is 1.35. The summed E-state index contributed by atoms with van der Waals surface area (Å²) in [5.41, 5.74) is 2.10. The van der Waals surface area contributed by atoms with Gasteiger partial charge in [-0.2, -0.15) is 0 Å². The van der Waals surface area contributed by atoms with E-state index in [1.54, 1.807) is 33.0 Å². The Balaban J connectivity index is 0. The van der Waals surface area contributed by atoms with Gasteiger partial charge in [-0.1, -0.05) is 12.7 Å². The highest BCUT2D eigenvalue weighted by atomic mass is 35.5. The summed E-state index contributed by atoms with van der Waals surface area (Å²) in [7, 11) is 1.47. The highest BCUT2D eigenvalue weighted by Crippen LogP contribution is 2.07. The quantitative estimate of drug-likeness (QED) is 0.282. The van der Waals surface area contributed by atoms with Crippen LogP contribution in [0.1, 0.15) is 26.3 Å². The maximum absolute atomic E-state index is 12.2. The van der Waals surface area contributed by atoms with Crippen molar-refractivity contribution in [1.82, 2.24) is 15.4 Å². The van der Waals surface area contributed by atoms with Gasteiger partial charge < -0.3 is 9.47 Å². The predicted octanol–water partition coefficient (Wildman–Crippen LogP) is 4.90. The van der Waals surface area contributed by atoms with E-state index in [1.165, 1.54) is 25.4 Å². The Morgan fingerprint density at radius 2 is 1.67 bits per heavy atom. The molecule has 0 aliphatic carbocycles. The van der Waals surface area contributed by atoms with Crippen molar-refractivity contribution in [1.29, 1.82) is 0 Å². The zero-order chi connectivity index (χ0) is 23.6. The molecule has 3 N–H and O–H groups in total. The summed E-state index contributed by atoms with van der Waals surface area (Å²) < 4.78 is 33.9. The number of carbonyl (C=O) groups is 1. The molecule has 0 saturated heterocycles. The Morgan fingerprint density at radius 1 is 1.17 bits per heavy atom. The van der Waals surface area contributed by atoms with Crippen molar-refractivity contribution in [2.45, 2.75) is 26.4 Å². The molecule has 0 aliphatic rings. The van der Waals surface area contributed by atoms with Crippen LogP contribution in [0.2, 0.25) is 0 Å². The minimum absolute atomic E-state index is 0.194. The molecule has 2 heterocycles. The van der Waals surface area contributed by atoms with Gasteiger partial charge in [0.2, 0.25) is 0 Å². The standard InChI is InChI=1S/C7H6FN.C6H6FNO.C5H12N2O2.CH2Cl2/c1-2-6-3-7(8)5-9-4-6;1-9-6-2-5(7)3-8-4-6;1-5(2,3)9-4(8)7-6;2-1-3/h2-5H,1H2;2-4H,1H3;6H2,1-3H3,(H,7,8);1H2. The Bertz CT molecular complexity index is 748. The highest BCUT2D eigenvalue weighted by Gasteiger charge is 2.14. The molecule has 168 valence electrons. The number of alkyl halides is 2. The molecule has 0 radical (unpaired) electrons. The third kappa shape index (κ3) is 18.9. The van der Waals surface area contributed by atoms with Crippen molar-refractivity contribution >= 4 is 35.4 Å². The number of nitrogens with zero attached hydrogens (tertiary/aromatic N) is 2. The molecule has 2 aromatic heterocycles. The predicted molar refractivity (Wildman–Crippen MR) is 115 cm³/mol. The minimum Gasteiger partial charge on any atom is -0.495 e. The first-order valence-electron chi connectivity index (χ1n) is 8.22. The number of halogens is 4. The molecular weight excluding hydrogens is 441 g/mol. The van der Waals surface area contributed by atoms with Gasteiger partial charge in [0.15, 0.2) is 0 Å². The molecule has 1 amide bonds. The lowest BCUT2D eigenvalue weighted by atomic mass is 10.2. The molecule has 11 heteroatoms. The van der Waals surface area contributed by atoms with E-state index < -0.39 is 11.7 Å². The zero-order valence-electron chi connectivity index (χ0n) is 17.2. The second-order valence-electron chi connectivity index (χ2n) is 5.93. The highest BCUT2D eigenvalue weighted by molar-refractivity contribution is 6.40. The Labute approximate surface area is 185 Å². The maximum atomic E-state index is 12.2. The molecule has 0 bridgehead atoms. The van der Waals surface area contributed by atoms with E-state index in [4.69, 9.17) is 38.5 Å². The van der Waals surface area contributed by atoms with Gasteiger partial charge >= 0.3 is 6.09 Å². The SMILES string of the molecule is C=Cc1cncc(F)c1.CC(C)(C)OC(=O)NN.COc1cncc(F)c1.ClCCl. The number of amides is 1. The van der Waals surface area contributed by atoms with Crippen LogP contribution in [0.5, 0.6) is 5.75 Å². The average Bonchev–Trinajstić information content (AvgIpc) is 2.68. The molecule has 0 fully saturated rings. The minimum atomic E-state index is -0.609. The summed E-state index contributed by atoms with van der Waals surface area (Å²) in [5, 5.41) is 0.194. The van der Waals surface area contributed by atoms with Gasteiger partial charge in [0, 0.05) is 12.3 Å². The number of hydrazine groups is 1. The summed E-state index contributed by atoms with van der Waals surface area (Å²) in [4.78, 5) is 17.5. The number of rotatable bonds is 2. The number of carbonyl (C=O) groups excluding carboxylic acids is 1. The van der Waals surface area contributed by atoms with E-state index in [9.17, 15) is 13.6 Å². The molecule has 2 rings (SSSR count). The van der Waals surface area contributed by atoms with Crippen molar-refractivity contribution in [3.63, 3.8) is 0 Å². The van der Waals surface area contributed by atoms with Crippen LogP contribution in [0.4, 0.5) is 13.6 Å². The molecule has 2 aromatic rings. The van der Waals surface area contributed by atoms with Gasteiger partial charge in [0.05, 0.1) is 31.0 Å². The number of nitrogens with two attached hydrogens (primary N) is 1. The van der Waals surface area contributed by atoms with E-state index in [0.29, 0.717) is 11.3 Å². The number of nitrogens with one attached hydrogen (secondary N) is 1. The van der Waals surface area contributed by atoms with Crippen molar-refractivity contribution in [2.75, 3.05) is 12.4 Å². The van der Waals surface area contributed by atoms with Crippen molar-refractivity contribution in [3.8, 4) is 5.75 Å². The molecule has 30 heavy (non-hydrogen) atoms. The smallest absolute Gasteiger partial charge is 0.421 e. The number of ether oxygens (including phenoxy) is 2. The van der Waals surface area contributed by atoms with Crippen LogP contribution in [-0.2, 0) is 4.74 Å². The fourth-order valence-corrected chi connectivity index (χ4v) is 1.35. The maximum Gasteiger partial charge on any atom is 0.421 e. The third-order valence-electron chi connectivity index (χ3n) is 2.39. The van der Waals surface area contributed by atoms with Crippen LogP contribution in [0.3, 0.4) is 0 Å². The van der Waals surface area contributed by atoms with Crippen molar-refractivity contribution < 1.29 is 23.0 Å². The first-order chi connectivity index (χ1) is 14.0. The molecule has 0 saturated carbocycles. The van der Waals surface area contributed by atoms with Gasteiger partial charge in [-0.15, -0.1) is 23.2 Å². The number of pyridine rings is 2. The molecule has 7 nitrogen and oxygen atoms in total.